The molecule has 4 rings (SSSR count). The van der Waals surface area contributed by atoms with Crippen LogP contribution in [0.5, 0.6) is 0 Å². The molecule has 4 aromatic rings. The largest absolute Gasteiger partial charge is 0.459 e. The van der Waals surface area contributed by atoms with Gasteiger partial charge in [-0.1, -0.05) is 11.6 Å². The van der Waals surface area contributed by atoms with Gasteiger partial charge in [0.25, 0.3) is 5.91 Å². The number of nitrogens with zero attached hydrogens (tertiary/aromatic N) is 3. The average molecular weight is 367 g/mol. The van der Waals surface area contributed by atoms with Crippen molar-refractivity contribution in [1.82, 2.24) is 19.9 Å². The van der Waals surface area contributed by atoms with Crippen LogP contribution in [0.15, 0.2) is 59.7 Å². The minimum Gasteiger partial charge on any atom is -0.459 e. The number of benzene rings is 1. The van der Waals surface area contributed by atoms with E-state index in [2.05, 4.69) is 15.3 Å². The fourth-order valence-electron chi connectivity index (χ4n) is 2.75. The van der Waals surface area contributed by atoms with Crippen molar-refractivity contribution < 1.29 is 9.21 Å². The number of fused-ring (bicyclic) bond motifs is 1. The third-order valence-electron chi connectivity index (χ3n) is 4.19. The van der Waals surface area contributed by atoms with Crippen molar-refractivity contribution in [3.63, 3.8) is 0 Å². The van der Waals surface area contributed by atoms with Gasteiger partial charge in [0.2, 0.25) is 0 Å². The van der Waals surface area contributed by atoms with Crippen LogP contribution in [0.2, 0.25) is 5.02 Å². The van der Waals surface area contributed by atoms with Crippen molar-refractivity contribution in [1.29, 1.82) is 0 Å². The molecule has 0 aliphatic heterocycles. The Morgan fingerprint density at radius 2 is 2.19 bits per heavy atom. The van der Waals surface area contributed by atoms with E-state index in [-0.39, 0.29) is 12.5 Å². The third kappa shape index (κ3) is 3.07. The van der Waals surface area contributed by atoms with Gasteiger partial charge in [-0.05, 0) is 37.3 Å². The minimum atomic E-state index is -0.264. The first-order valence-corrected chi connectivity index (χ1v) is 8.40. The molecule has 0 saturated carbocycles. The van der Waals surface area contributed by atoms with E-state index in [9.17, 15) is 4.79 Å². The minimum absolute atomic E-state index is 0.264. The monoisotopic (exact) mass is 366 g/mol. The summed E-state index contributed by atoms with van der Waals surface area (Å²) in [5, 5.41) is 4.44. The van der Waals surface area contributed by atoms with Gasteiger partial charge in [0.05, 0.1) is 24.8 Å². The summed E-state index contributed by atoms with van der Waals surface area (Å²) in [7, 11) is 0. The fourth-order valence-corrected chi connectivity index (χ4v) is 2.92. The molecule has 3 aromatic heterocycles. The number of nitrogens with one attached hydrogen (secondary N) is 1. The molecule has 26 heavy (non-hydrogen) atoms. The Balaban J connectivity index is 1.48. The van der Waals surface area contributed by atoms with Gasteiger partial charge in [-0.2, -0.15) is 0 Å². The summed E-state index contributed by atoms with van der Waals surface area (Å²) in [5.74, 6) is 0.436. The van der Waals surface area contributed by atoms with Crippen molar-refractivity contribution in [3.05, 3.63) is 77.3 Å². The second kappa shape index (κ2) is 6.65. The van der Waals surface area contributed by atoms with Crippen LogP contribution >= 0.6 is 11.6 Å². The van der Waals surface area contributed by atoms with Crippen LogP contribution in [0.25, 0.3) is 16.7 Å². The number of pyridine rings is 1. The number of aryl methyl sites for hydroxylation is 1. The number of carbonyl (C=O) groups excluding carboxylic acids is 1. The maximum atomic E-state index is 12.3. The van der Waals surface area contributed by atoms with Crippen LogP contribution in [0.4, 0.5) is 0 Å². The van der Waals surface area contributed by atoms with Gasteiger partial charge in [-0.15, -0.1) is 0 Å². The van der Waals surface area contributed by atoms with Crippen molar-refractivity contribution in [3.8, 4) is 5.69 Å². The second-order valence-corrected chi connectivity index (χ2v) is 6.28. The van der Waals surface area contributed by atoms with E-state index < -0.39 is 0 Å². The van der Waals surface area contributed by atoms with Gasteiger partial charge in [0.1, 0.15) is 17.0 Å². The number of imidazole rings is 1. The van der Waals surface area contributed by atoms with Gasteiger partial charge in [0, 0.05) is 28.4 Å². The summed E-state index contributed by atoms with van der Waals surface area (Å²) in [5.41, 5.74) is 2.89. The molecule has 0 unspecified atom stereocenters. The number of halogens is 1. The number of furan rings is 1. The highest BCUT2D eigenvalue weighted by molar-refractivity contribution is 6.31. The lowest BCUT2D eigenvalue weighted by atomic mass is 10.1. The predicted molar refractivity (Wildman–Crippen MR) is 98.5 cm³/mol. The molecule has 1 N–H and O–H groups in total. The topological polar surface area (TPSA) is 73.0 Å². The Bertz CT molecular complexity index is 1070. The zero-order valence-electron chi connectivity index (χ0n) is 13.9. The number of rotatable bonds is 4. The van der Waals surface area contributed by atoms with Crippen LogP contribution in [0.3, 0.4) is 0 Å². The summed E-state index contributed by atoms with van der Waals surface area (Å²) in [6.07, 6.45) is 6.80. The Morgan fingerprint density at radius 3 is 2.92 bits per heavy atom. The molecule has 0 radical (unpaired) electrons. The zero-order chi connectivity index (χ0) is 18.1. The lowest BCUT2D eigenvalue weighted by molar-refractivity contribution is 0.0943. The average Bonchev–Trinajstić information content (AvgIpc) is 3.29. The molecule has 0 bridgehead atoms. The number of amides is 1. The Kier molecular flexibility index (Phi) is 4.18. The molecule has 0 aliphatic rings. The number of carbonyl (C=O) groups is 1. The maximum Gasteiger partial charge on any atom is 0.270 e. The first-order valence-electron chi connectivity index (χ1n) is 8.02. The Labute approximate surface area is 154 Å². The highest BCUT2D eigenvalue weighted by Crippen LogP contribution is 2.27. The van der Waals surface area contributed by atoms with E-state index in [0.29, 0.717) is 16.5 Å². The summed E-state index contributed by atoms with van der Waals surface area (Å²) in [6.45, 7) is 2.23. The smallest absolute Gasteiger partial charge is 0.270 e. The Morgan fingerprint density at radius 1 is 1.31 bits per heavy atom. The van der Waals surface area contributed by atoms with Gasteiger partial charge < -0.3 is 14.3 Å². The lowest BCUT2D eigenvalue weighted by Gasteiger charge is -2.05. The van der Waals surface area contributed by atoms with Crippen LogP contribution < -0.4 is 5.32 Å². The van der Waals surface area contributed by atoms with E-state index in [1.54, 1.807) is 30.9 Å². The Hall–Kier alpha value is -3.12. The molecule has 1 amide bonds. The van der Waals surface area contributed by atoms with Crippen LogP contribution in [-0.4, -0.2) is 20.4 Å². The third-order valence-corrected chi connectivity index (χ3v) is 4.42. The SMILES string of the molecule is Cc1c(CNC(=O)c2ccc(-n3ccnc3)cn2)oc2ccc(Cl)cc12. The van der Waals surface area contributed by atoms with E-state index in [1.807, 2.05) is 35.9 Å². The van der Waals surface area contributed by atoms with Gasteiger partial charge in [-0.25, -0.2) is 9.97 Å². The molecule has 0 atom stereocenters. The summed E-state index contributed by atoms with van der Waals surface area (Å²) in [4.78, 5) is 20.5. The summed E-state index contributed by atoms with van der Waals surface area (Å²) >= 11 is 6.03. The molecule has 130 valence electrons. The zero-order valence-corrected chi connectivity index (χ0v) is 14.7. The molecule has 0 spiro atoms. The van der Waals surface area contributed by atoms with E-state index in [4.69, 9.17) is 16.0 Å². The molecule has 0 saturated heterocycles. The van der Waals surface area contributed by atoms with E-state index in [0.717, 1.165) is 22.2 Å². The molecule has 7 heteroatoms. The molecular formula is C19H15ClN4O2. The first kappa shape index (κ1) is 16.4. The molecule has 3 heterocycles. The normalized spacial score (nSPS) is 11.0. The van der Waals surface area contributed by atoms with Gasteiger partial charge >= 0.3 is 0 Å². The highest BCUT2D eigenvalue weighted by Gasteiger charge is 2.13. The van der Waals surface area contributed by atoms with E-state index in [1.165, 1.54) is 0 Å². The van der Waals surface area contributed by atoms with Gasteiger partial charge in [-0.3, -0.25) is 4.79 Å². The number of hydrogen-bond acceptors (Lipinski definition) is 4. The number of aromatic nitrogens is 3. The van der Waals surface area contributed by atoms with Crippen LogP contribution in [0.1, 0.15) is 21.8 Å². The van der Waals surface area contributed by atoms with Crippen molar-refractivity contribution in [2.75, 3.05) is 0 Å². The molecule has 0 aliphatic carbocycles. The second-order valence-electron chi connectivity index (χ2n) is 5.84. The molecule has 1 aromatic carbocycles. The predicted octanol–water partition coefficient (Wildman–Crippen LogP) is 3.91. The molecule has 6 nitrogen and oxygen atoms in total. The van der Waals surface area contributed by atoms with Gasteiger partial charge in [0.15, 0.2) is 0 Å². The standard InChI is InChI=1S/C19H15ClN4O2/c1-12-15-8-13(20)2-5-17(15)26-18(12)10-23-19(25)16-4-3-14(9-22-16)24-7-6-21-11-24/h2-9,11H,10H2,1H3,(H,23,25). The van der Waals surface area contributed by atoms with E-state index >= 15 is 0 Å². The quantitative estimate of drug-likeness (QED) is 0.594. The maximum absolute atomic E-state index is 12.3. The number of hydrogen-bond donors (Lipinski definition) is 1. The first-order chi connectivity index (χ1) is 12.6. The fraction of sp³-hybridized carbons (Fsp3) is 0.105. The van der Waals surface area contributed by atoms with Crippen LogP contribution in [0, 0.1) is 6.92 Å². The summed E-state index contributed by atoms with van der Waals surface area (Å²) < 4.78 is 7.62. The van der Waals surface area contributed by atoms with Crippen molar-refractivity contribution in [2.45, 2.75) is 13.5 Å². The molecule has 0 fully saturated rings. The molecular weight excluding hydrogens is 352 g/mol. The van der Waals surface area contributed by atoms with Crippen LogP contribution in [-0.2, 0) is 6.54 Å². The highest BCUT2D eigenvalue weighted by atomic mass is 35.5. The summed E-state index contributed by atoms with van der Waals surface area (Å²) in [6, 6.07) is 8.96. The van der Waals surface area contributed by atoms with Crippen molar-refractivity contribution in [2.24, 2.45) is 0 Å². The van der Waals surface area contributed by atoms with Crippen molar-refractivity contribution >= 4 is 28.5 Å². The lowest BCUT2D eigenvalue weighted by Crippen LogP contribution is -2.23.